The summed E-state index contributed by atoms with van der Waals surface area (Å²) in [4.78, 5) is 12.5. The predicted octanol–water partition coefficient (Wildman–Crippen LogP) is 2.80. The fourth-order valence-electron chi connectivity index (χ4n) is 3.78. The van der Waals surface area contributed by atoms with Crippen LogP contribution in [0, 0.1) is 25.2 Å². The zero-order valence-corrected chi connectivity index (χ0v) is 12.0. The van der Waals surface area contributed by atoms with Crippen LogP contribution in [0.1, 0.15) is 36.0 Å². The van der Waals surface area contributed by atoms with Gasteiger partial charge in [0.15, 0.2) is 0 Å². The molecular formula is C17H23NO. The smallest absolute Gasteiger partial charge is 0.140 e. The molecule has 1 unspecified atom stereocenters. The normalized spacial score (nSPS) is 24.4. The quantitative estimate of drug-likeness (QED) is 0.902. The van der Waals surface area contributed by atoms with Crippen molar-refractivity contribution >= 4 is 5.78 Å². The summed E-state index contributed by atoms with van der Waals surface area (Å²) in [5.41, 5.74) is 4.09. The van der Waals surface area contributed by atoms with Crippen LogP contribution in [0.15, 0.2) is 18.2 Å². The van der Waals surface area contributed by atoms with Crippen molar-refractivity contribution in [2.75, 3.05) is 13.1 Å². The van der Waals surface area contributed by atoms with Crippen molar-refractivity contribution in [3.8, 4) is 0 Å². The van der Waals surface area contributed by atoms with Crippen LogP contribution in [0.4, 0.5) is 0 Å². The lowest BCUT2D eigenvalue weighted by Gasteiger charge is -2.23. The highest BCUT2D eigenvalue weighted by Crippen LogP contribution is 2.59. The Hall–Kier alpha value is -1.15. The van der Waals surface area contributed by atoms with Gasteiger partial charge in [0.2, 0.25) is 0 Å². The standard InChI is InChI=1S/C17H23NO/c1-12-7-13(2)9-14(8-12)10-16(19)15-11-17(15)3-5-18-6-4-17/h7-9,15,18H,3-6,10-11H2,1-2H3. The Morgan fingerprint density at radius 1 is 1.21 bits per heavy atom. The molecule has 1 heterocycles. The van der Waals surface area contributed by atoms with Gasteiger partial charge in [-0.15, -0.1) is 0 Å². The van der Waals surface area contributed by atoms with Gasteiger partial charge in [0.25, 0.3) is 0 Å². The van der Waals surface area contributed by atoms with Crippen molar-refractivity contribution < 1.29 is 4.79 Å². The molecule has 19 heavy (non-hydrogen) atoms. The first-order chi connectivity index (χ1) is 9.09. The topological polar surface area (TPSA) is 29.1 Å². The predicted molar refractivity (Wildman–Crippen MR) is 77.3 cm³/mol. The maximum Gasteiger partial charge on any atom is 0.140 e. The third-order valence-corrected chi connectivity index (χ3v) is 4.84. The van der Waals surface area contributed by atoms with E-state index in [-0.39, 0.29) is 0 Å². The number of hydrogen-bond donors (Lipinski definition) is 1. The average Bonchev–Trinajstić information content (AvgIpc) is 3.02. The van der Waals surface area contributed by atoms with Crippen LogP contribution in [0.3, 0.4) is 0 Å². The van der Waals surface area contributed by atoms with Crippen LogP contribution < -0.4 is 5.32 Å². The molecule has 3 rings (SSSR count). The van der Waals surface area contributed by atoms with E-state index in [2.05, 4.69) is 37.4 Å². The molecule has 0 aromatic heterocycles. The zero-order chi connectivity index (χ0) is 13.5. The fourth-order valence-corrected chi connectivity index (χ4v) is 3.78. The molecule has 1 aromatic rings. The third-order valence-electron chi connectivity index (χ3n) is 4.84. The van der Waals surface area contributed by atoms with E-state index in [4.69, 9.17) is 0 Å². The molecular weight excluding hydrogens is 234 g/mol. The summed E-state index contributed by atoms with van der Waals surface area (Å²) in [5.74, 6) is 0.808. The highest BCUT2D eigenvalue weighted by molar-refractivity contribution is 5.86. The number of piperidine rings is 1. The van der Waals surface area contributed by atoms with Gasteiger partial charge < -0.3 is 5.32 Å². The molecule has 0 amide bonds. The Kier molecular flexibility index (Phi) is 3.22. The first kappa shape index (κ1) is 12.9. The monoisotopic (exact) mass is 257 g/mol. The SMILES string of the molecule is Cc1cc(C)cc(CC(=O)C2CC23CCNCC3)c1. The van der Waals surface area contributed by atoms with E-state index in [1.807, 2.05) is 0 Å². The molecule has 2 aliphatic rings. The van der Waals surface area contributed by atoms with E-state index in [9.17, 15) is 4.79 Å². The van der Waals surface area contributed by atoms with Crippen molar-refractivity contribution in [2.45, 2.75) is 39.5 Å². The molecule has 2 nitrogen and oxygen atoms in total. The van der Waals surface area contributed by atoms with Gasteiger partial charge >= 0.3 is 0 Å². The zero-order valence-electron chi connectivity index (χ0n) is 12.0. The summed E-state index contributed by atoms with van der Waals surface area (Å²) in [5, 5.41) is 3.39. The minimum atomic E-state index is 0.343. The van der Waals surface area contributed by atoms with Crippen LogP contribution in [0.5, 0.6) is 0 Å². The number of carbonyl (C=O) groups is 1. The van der Waals surface area contributed by atoms with Gasteiger partial charge in [-0.25, -0.2) is 0 Å². The number of nitrogens with one attached hydrogen (secondary N) is 1. The van der Waals surface area contributed by atoms with E-state index >= 15 is 0 Å². The number of benzene rings is 1. The minimum Gasteiger partial charge on any atom is -0.317 e. The fraction of sp³-hybridized carbons (Fsp3) is 0.588. The second-order valence-corrected chi connectivity index (χ2v) is 6.51. The molecule has 1 saturated carbocycles. The van der Waals surface area contributed by atoms with Crippen molar-refractivity contribution in [1.29, 1.82) is 0 Å². The van der Waals surface area contributed by atoms with E-state index < -0.39 is 0 Å². The summed E-state index contributed by atoms with van der Waals surface area (Å²) >= 11 is 0. The molecule has 2 heteroatoms. The highest BCUT2D eigenvalue weighted by atomic mass is 16.1. The van der Waals surface area contributed by atoms with Gasteiger partial charge in [-0.1, -0.05) is 29.3 Å². The van der Waals surface area contributed by atoms with E-state index in [0.29, 0.717) is 23.5 Å². The maximum atomic E-state index is 12.5. The van der Waals surface area contributed by atoms with Gasteiger partial charge in [-0.05, 0) is 57.2 Å². The largest absolute Gasteiger partial charge is 0.317 e. The minimum absolute atomic E-state index is 0.343. The molecule has 0 bridgehead atoms. The average molecular weight is 257 g/mol. The second kappa shape index (κ2) is 4.75. The molecule has 1 aliphatic heterocycles. The molecule has 0 radical (unpaired) electrons. The highest BCUT2D eigenvalue weighted by Gasteiger charge is 2.56. The van der Waals surface area contributed by atoms with Crippen LogP contribution in [0.25, 0.3) is 0 Å². The summed E-state index contributed by atoms with van der Waals surface area (Å²) in [7, 11) is 0. The molecule has 1 aliphatic carbocycles. The Morgan fingerprint density at radius 3 is 2.47 bits per heavy atom. The Balaban J connectivity index is 1.66. The number of carbonyl (C=O) groups excluding carboxylic acids is 1. The summed E-state index contributed by atoms with van der Waals surface area (Å²) in [6.07, 6.45) is 4.15. The van der Waals surface area contributed by atoms with Gasteiger partial charge in [0, 0.05) is 12.3 Å². The van der Waals surface area contributed by atoms with Crippen LogP contribution in [-0.4, -0.2) is 18.9 Å². The van der Waals surface area contributed by atoms with Crippen molar-refractivity contribution in [3.05, 3.63) is 34.9 Å². The van der Waals surface area contributed by atoms with Gasteiger partial charge in [0.1, 0.15) is 5.78 Å². The number of hydrogen-bond acceptors (Lipinski definition) is 2. The van der Waals surface area contributed by atoms with E-state index in [1.165, 1.54) is 29.5 Å². The number of rotatable bonds is 3. The third kappa shape index (κ3) is 2.59. The van der Waals surface area contributed by atoms with Crippen LogP contribution in [0.2, 0.25) is 0 Å². The van der Waals surface area contributed by atoms with Crippen molar-refractivity contribution in [2.24, 2.45) is 11.3 Å². The molecule has 1 atom stereocenters. The van der Waals surface area contributed by atoms with E-state index in [0.717, 1.165) is 19.5 Å². The number of aryl methyl sites for hydroxylation is 2. The van der Waals surface area contributed by atoms with Crippen molar-refractivity contribution in [1.82, 2.24) is 5.32 Å². The molecule has 2 fully saturated rings. The van der Waals surface area contributed by atoms with E-state index in [1.54, 1.807) is 0 Å². The molecule has 1 aromatic carbocycles. The maximum absolute atomic E-state index is 12.5. The first-order valence-electron chi connectivity index (χ1n) is 7.40. The molecule has 102 valence electrons. The Labute approximate surface area is 115 Å². The lowest BCUT2D eigenvalue weighted by molar-refractivity contribution is -0.120. The number of Topliss-reactive ketones (excluding diaryl/α,β-unsaturated/α-hetero) is 1. The lowest BCUT2D eigenvalue weighted by atomic mass is 9.89. The summed E-state index contributed by atoms with van der Waals surface area (Å²) in [6, 6.07) is 6.48. The summed E-state index contributed by atoms with van der Waals surface area (Å²) < 4.78 is 0. The van der Waals surface area contributed by atoms with Gasteiger partial charge in [-0.2, -0.15) is 0 Å². The van der Waals surface area contributed by atoms with Gasteiger partial charge in [-0.3, -0.25) is 4.79 Å². The summed E-state index contributed by atoms with van der Waals surface area (Å²) in [6.45, 7) is 6.39. The lowest BCUT2D eigenvalue weighted by Crippen LogP contribution is -2.31. The molecule has 1 saturated heterocycles. The number of ketones is 1. The van der Waals surface area contributed by atoms with Crippen LogP contribution in [-0.2, 0) is 11.2 Å². The molecule has 1 N–H and O–H groups in total. The second-order valence-electron chi connectivity index (χ2n) is 6.51. The Bertz CT molecular complexity index is 480. The molecule has 1 spiro atoms. The van der Waals surface area contributed by atoms with Crippen LogP contribution >= 0.6 is 0 Å². The Morgan fingerprint density at radius 2 is 1.84 bits per heavy atom. The first-order valence-corrected chi connectivity index (χ1v) is 7.40. The van der Waals surface area contributed by atoms with Crippen molar-refractivity contribution in [3.63, 3.8) is 0 Å². The van der Waals surface area contributed by atoms with Gasteiger partial charge in [0.05, 0.1) is 0 Å².